The molecule has 1 aromatic carbocycles. The van der Waals surface area contributed by atoms with Gasteiger partial charge in [0.2, 0.25) is 0 Å². The van der Waals surface area contributed by atoms with E-state index in [1.807, 2.05) is 0 Å². The van der Waals surface area contributed by atoms with Gasteiger partial charge in [0.1, 0.15) is 5.75 Å². The third kappa shape index (κ3) is 1.31. The van der Waals surface area contributed by atoms with Crippen LogP contribution >= 0.6 is 11.3 Å². The van der Waals surface area contributed by atoms with Gasteiger partial charge in [0.05, 0.1) is 20.8 Å². The summed E-state index contributed by atoms with van der Waals surface area (Å²) in [5.41, 5.74) is 0.488. The van der Waals surface area contributed by atoms with Crippen LogP contribution in [0.5, 0.6) is 5.75 Å². The molecule has 0 fully saturated rings. The number of hydrogen-bond donors (Lipinski definition) is 2. The van der Waals surface area contributed by atoms with Gasteiger partial charge in [0, 0.05) is 0 Å². The molecule has 0 saturated heterocycles. The summed E-state index contributed by atoms with van der Waals surface area (Å²) in [4.78, 5) is 14.9. The molecule has 0 radical (unpaired) electrons. The predicted molar refractivity (Wildman–Crippen MR) is 53.0 cm³/mol. The van der Waals surface area contributed by atoms with Crippen LogP contribution in [0.25, 0.3) is 10.2 Å². The number of hydrogen-bond acceptors (Lipinski definition) is 4. The van der Waals surface area contributed by atoms with Crippen molar-refractivity contribution in [1.29, 1.82) is 0 Å². The van der Waals surface area contributed by atoms with Crippen LogP contribution in [0.15, 0.2) is 12.1 Å². The van der Waals surface area contributed by atoms with Crippen LogP contribution in [0.1, 0.15) is 15.4 Å². The highest BCUT2D eigenvalue weighted by atomic mass is 32.1. The number of aryl methyl sites for hydroxylation is 1. The molecule has 72 valence electrons. The van der Waals surface area contributed by atoms with Gasteiger partial charge in [-0.1, -0.05) is 0 Å². The molecule has 0 bridgehead atoms. The Kier molecular flexibility index (Phi) is 1.89. The monoisotopic (exact) mass is 209 g/mol. The van der Waals surface area contributed by atoms with Crippen molar-refractivity contribution < 1.29 is 15.0 Å². The minimum Gasteiger partial charge on any atom is -0.508 e. The first kappa shape index (κ1) is 8.96. The SMILES string of the molecule is Cc1nc2c(C(=O)O)cc(O)cc2s1. The molecular weight excluding hydrogens is 202 g/mol. The molecule has 0 atom stereocenters. The summed E-state index contributed by atoms with van der Waals surface area (Å²) in [6.45, 7) is 1.80. The van der Waals surface area contributed by atoms with Crippen molar-refractivity contribution in [3.8, 4) is 5.75 Å². The zero-order valence-corrected chi connectivity index (χ0v) is 8.13. The lowest BCUT2D eigenvalue weighted by Crippen LogP contribution is -1.97. The maximum Gasteiger partial charge on any atom is 0.338 e. The summed E-state index contributed by atoms with van der Waals surface area (Å²) in [6, 6.07) is 2.73. The van der Waals surface area contributed by atoms with E-state index < -0.39 is 5.97 Å². The van der Waals surface area contributed by atoms with Crippen LogP contribution in [-0.4, -0.2) is 21.2 Å². The molecule has 0 aliphatic carbocycles. The van der Waals surface area contributed by atoms with Crippen LogP contribution < -0.4 is 0 Å². The van der Waals surface area contributed by atoms with E-state index in [1.54, 1.807) is 6.92 Å². The molecule has 1 aromatic heterocycles. The average Bonchev–Trinajstić information content (AvgIpc) is 2.42. The highest BCUT2D eigenvalue weighted by Gasteiger charge is 2.13. The number of benzene rings is 1. The van der Waals surface area contributed by atoms with Crippen LogP contribution in [-0.2, 0) is 0 Å². The summed E-state index contributed by atoms with van der Waals surface area (Å²) in [5.74, 6) is -1.12. The number of phenolic OH excluding ortho intramolecular Hbond substituents is 1. The summed E-state index contributed by atoms with van der Waals surface area (Å²) in [6.07, 6.45) is 0. The standard InChI is InChI=1S/C9H7NO3S/c1-4-10-8-6(9(12)13)2-5(11)3-7(8)14-4/h2-3,11H,1H3,(H,12,13). The van der Waals surface area contributed by atoms with E-state index in [1.165, 1.54) is 23.5 Å². The summed E-state index contributed by atoms with van der Waals surface area (Å²) >= 11 is 1.36. The van der Waals surface area contributed by atoms with Gasteiger partial charge in [-0.2, -0.15) is 0 Å². The van der Waals surface area contributed by atoms with E-state index in [9.17, 15) is 9.90 Å². The highest BCUT2D eigenvalue weighted by molar-refractivity contribution is 7.18. The van der Waals surface area contributed by atoms with E-state index in [-0.39, 0.29) is 11.3 Å². The third-order valence-electron chi connectivity index (χ3n) is 1.82. The summed E-state index contributed by atoms with van der Waals surface area (Å²) in [7, 11) is 0. The van der Waals surface area contributed by atoms with E-state index >= 15 is 0 Å². The molecule has 1 heterocycles. The first-order valence-electron chi connectivity index (χ1n) is 3.91. The number of carboxylic acids is 1. The lowest BCUT2D eigenvalue weighted by Gasteiger charge is -1.96. The van der Waals surface area contributed by atoms with Crippen molar-refractivity contribution >= 4 is 27.5 Å². The fraction of sp³-hybridized carbons (Fsp3) is 0.111. The largest absolute Gasteiger partial charge is 0.508 e. The van der Waals surface area contributed by atoms with E-state index in [0.29, 0.717) is 10.2 Å². The lowest BCUT2D eigenvalue weighted by molar-refractivity contribution is 0.0698. The first-order chi connectivity index (χ1) is 6.58. The van der Waals surface area contributed by atoms with Crippen LogP contribution in [0.3, 0.4) is 0 Å². The zero-order valence-electron chi connectivity index (χ0n) is 7.31. The number of phenols is 1. The Balaban J connectivity index is 2.85. The first-order valence-corrected chi connectivity index (χ1v) is 4.73. The number of carboxylic acid groups (broad SMARTS) is 1. The number of aromatic hydroxyl groups is 1. The van der Waals surface area contributed by atoms with Gasteiger partial charge in [-0.05, 0) is 19.1 Å². The predicted octanol–water partition coefficient (Wildman–Crippen LogP) is 2.01. The Morgan fingerprint density at radius 3 is 2.86 bits per heavy atom. The Morgan fingerprint density at radius 1 is 1.50 bits per heavy atom. The molecule has 0 spiro atoms. The normalized spacial score (nSPS) is 10.6. The number of nitrogens with zero attached hydrogens (tertiary/aromatic N) is 1. The number of fused-ring (bicyclic) bond motifs is 1. The second-order valence-corrected chi connectivity index (χ2v) is 4.11. The van der Waals surface area contributed by atoms with E-state index in [0.717, 1.165) is 5.01 Å². The Hall–Kier alpha value is -1.62. The molecule has 4 nitrogen and oxygen atoms in total. The lowest BCUT2D eigenvalue weighted by atomic mass is 10.2. The smallest absolute Gasteiger partial charge is 0.338 e. The van der Waals surface area contributed by atoms with E-state index in [2.05, 4.69) is 4.98 Å². The van der Waals surface area contributed by atoms with Crippen LogP contribution in [0.4, 0.5) is 0 Å². The minimum absolute atomic E-state index is 0.0430. The molecule has 2 aromatic rings. The second kappa shape index (κ2) is 2.95. The Labute approximate surface area is 83.5 Å². The topological polar surface area (TPSA) is 70.4 Å². The molecule has 2 N–H and O–H groups in total. The van der Waals surface area contributed by atoms with Gasteiger partial charge < -0.3 is 10.2 Å². The number of rotatable bonds is 1. The number of thiazole rings is 1. The van der Waals surface area contributed by atoms with Crippen molar-refractivity contribution in [2.24, 2.45) is 0 Å². The van der Waals surface area contributed by atoms with Gasteiger partial charge in [-0.25, -0.2) is 9.78 Å². The Bertz CT molecular complexity index is 518. The maximum absolute atomic E-state index is 10.8. The van der Waals surface area contributed by atoms with Crippen molar-refractivity contribution in [2.45, 2.75) is 6.92 Å². The van der Waals surface area contributed by atoms with Gasteiger partial charge in [0.25, 0.3) is 0 Å². The van der Waals surface area contributed by atoms with Crippen molar-refractivity contribution in [1.82, 2.24) is 4.98 Å². The quantitative estimate of drug-likeness (QED) is 0.753. The van der Waals surface area contributed by atoms with Crippen LogP contribution in [0.2, 0.25) is 0 Å². The van der Waals surface area contributed by atoms with Gasteiger partial charge in [-0.3, -0.25) is 0 Å². The second-order valence-electron chi connectivity index (χ2n) is 2.88. The molecule has 0 unspecified atom stereocenters. The third-order valence-corrected chi connectivity index (χ3v) is 2.73. The van der Waals surface area contributed by atoms with Gasteiger partial charge in [0.15, 0.2) is 0 Å². The molecule has 0 saturated carbocycles. The van der Waals surface area contributed by atoms with Gasteiger partial charge in [-0.15, -0.1) is 11.3 Å². The Morgan fingerprint density at radius 2 is 2.21 bits per heavy atom. The maximum atomic E-state index is 10.8. The molecule has 0 aliphatic heterocycles. The fourth-order valence-electron chi connectivity index (χ4n) is 1.29. The number of aromatic nitrogens is 1. The summed E-state index contributed by atoms with van der Waals surface area (Å²) in [5, 5.41) is 18.9. The molecule has 2 rings (SSSR count). The number of carbonyl (C=O) groups is 1. The zero-order chi connectivity index (χ0) is 10.3. The molecular formula is C9H7NO3S. The minimum atomic E-state index is -1.07. The van der Waals surface area contributed by atoms with Gasteiger partial charge >= 0.3 is 5.97 Å². The average molecular weight is 209 g/mol. The molecule has 14 heavy (non-hydrogen) atoms. The fourth-order valence-corrected chi connectivity index (χ4v) is 2.18. The number of aromatic carboxylic acids is 1. The highest BCUT2D eigenvalue weighted by Crippen LogP contribution is 2.28. The van der Waals surface area contributed by atoms with Crippen molar-refractivity contribution in [3.63, 3.8) is 0 Å². The molecule has 0 aliphatic rings. The van der Waals surface area contributed by atoms with Crippen molar-refractivity contribution in [3.05, 3.63) is 22.7 Å². The van der Waals surface area contributed by atoms with E-state index in [4.69, 9.17) is 5.11 Å². The van der Waals surface area contributed by atoms with Crippen LogP contribution in [0, 0.1) is 6.92 Å². The summed E-state index contributed by atoms with van der Waals surface area (Å²) < 4.78 is 0.694. The molecule has 5 heteroatoms. The van der Waals surface area contributed by atoms with Crippen molar-refractivity contribution in [2.75, 3.05) is 0 Å². The molecule has 0 amide bonds.